The number of nitrogens with zero attached hydrogens (tertiary/aromatic N) is 4. The molecule has 1 fully saturated rings. The average Bonchev–Trinajstić information content (AvgIpc) is 3.14. The molecule has 1 aliphatic heterocycles. The van der Waals surface area contributed by atoms with E-state index in [2.05, 4.69) is 15.2 Å². The summed E-state index contributed by atoms with van der Waals surface area (Å²) in [5.41, 5.74) is 3.02. The van der Waals surface area contributed by atoms with Crippen molar-refractivity contribution in [2.24, 2.45) is 7.05 Å². The highest BCUT2D eigenvalue weighted by Gasteiger charge is 2.30. The Balaban J connectivity index is 1.44. The molecule has 0 bridgehead atoms. The first-order valence-electron chi connectivity index (χ1n) is 11.7. The molecule has 0 radical (unpaired) electrons. The molecule has 8 nitrogen and oxygen atoms in total. The van der Waals surface area contributed by atoms with Gasteiger partial charge in [0.25, 0.3) is 0 Å². The summed E-state index contributed by atoms with van der Waals surface area (Å²) >= 11 is 0. The van der Waals surface area contributed by atoms with E-state index < -0.39 is 0 Å². The van der Waals surface area contributed by atoms with E-state index in [9.17, 15) is 9.59 Å². The van der Waals surface area contributed by atoms with Crippen LogP contribution in [-0.2, 0) is 23.2 Å². The molecule has 8 heteroatoms. The largest absolute Gasteiger partial charge is 0.491 e. The molecule has 2 heterocycles. The summed E-state index contributed by atoms with van der Waals surface area (Å²) < 4.78 is 7.77. The number of para-hydroxylation sites is 2. The zero-order valence-corrected chi connectivity index (χ0v) is 20.3. The fourth-order valence-electron chi connectivity index (χ4n) is 4.42. The molecule has 1 saturated heterocycles. The summed E-state index contributed by atoms with van der Waals surface area (Å²) in [7, 11) is 1.96. The van der Waals surface area contributed by atoms with Crippen LogP contribution in [0.25, 0.3) is 11.0 Å². The normalized spacial score (nSPS) is 16.7. The monoisotopic (exact) mass is 463 g/mol. The van der Waals surface area contributed by atoms with Gasteiger partial charge >= 0.3 is 0 Å². The second kappa shape index (κ2) is 10.3. The van der Waals surface area contributed by atoms with Gasteiger partial charge in [0, 0.05) is 33.6 Å². The predicted octanol–water partition coefficient (Wildman–Crippen LogP) is 2.88. The average molecular weight is 464 g/mol. The van der Waals surface area contributed by atoms with Crippen LogP contribution in [0.5, 0.6) is 5.75 Å². The number of amides is 2. The van der Waals surface area contributed by atoms with Crippen LogP contribution < -0.4 is 10.1 Å². The van der Waals surface area contributed by atoms with Gasteiger partial charge in [0.2, 0.25) is 11.8 Å². The summed E-state index contributed by atoms with van der Waals surface area (Å²) in [6, 6.07) is 15.8. The molecule has 0 aliphatic carbocycles. The van der Waals surface area contributed by atoms with Gasteiger partial charge in [0.15, 0.2) is 0 Å². The number of piperazine rings is 1. The number of carbonyl (C=O) groups is 2. The van der Waals surface area contributed by atoms with Crippen molar-refractivity contribution in [2.75, 3.05) is 26.2 Å². The molecular formula is C26H33N5O3. The SMILES string of the molecule is CC(=O)N1CCN(CC(=O)NCc2nc3ccccc3n2C)C(c2ccc(OC(C)C)cc2)C1. The van der Waals surface area contributed by atoms with Crippen molar-refractivity contribution in [1.29, 1.82) is 0 Å². The van der Waals surface area contributed by atoms with Crippen LogP contribution >= 0.6 is 0 Å². The van der Waals surface area contributed by atoms with Crippen molar-refractivity contribution in [1.82, 2.24) is 24.7 Å². The Labute approximate surface area is 200 Å². The molecule has 0 spiro atoms. The zero-order chi connectivity index (χ0) is 24.2. The molecule has 1 atom stereocenters. The van der Waals surface area contributed by atoms with Gasteiger partial charge in [-0.15, -0.1) is 0 Å². The van der Waals surface area contributed by atoms with E-state index in [0.29, 0.717) is 26.2 Å². The lowest BCUT2D eigenvalue weighted by Gasteiger charge is -2.41. The third-order valence-electron chi connectivity index (χ3n) is 6.24. The van der Waals surface area contributed by atoms with Gasteiger partial charge in [-0.05, 0) is 43.7 Å². The third kappa shape index (κ3) is 5.39. The van der Waals surface area contributed by atoms with Gasteiger partial charge in [0.1, 0.15) is 11.6 Å². The molecule has 1 aromatic heterocycles. The van der Waals surface area contributed by atoms with Crippen molar-refractivity contribution < 1.29 is 14.3 Å². The van der Waals surface area contributed by atoms with Crippen LogP contribution in [0, 0.1) is 0 Å². The highest BCUT2D eigenvalue weighted by Crippen LogP contribution is 2.27. The first-order valence-corrected chi connectivity index (χ1v) is 11.7. The van der Waals surface area contributed by atoms with Gasteiger partial charge < -0.3 is 19.5 Å². The smallest absolute Gasteiger partial charge is 0.234 e. The number of fused-ring (bicyclic) bond motifs is 1. The van der Waals surface area contributed by atoms with Crippen LogP contribution in [0.2, 0.25) is 0 Å². The number of aryl methyl sites for hydroxylation is 1. The predicted molar refractivity (Wildman–Crippen MR) is 131 cm³/mol. The van der Waals surface area contributed by atoms with E-state index in [1.807, 2.05) is 78.9 Å². The van der Waals surface area contributed by atoms with Crippen LogP contribution in [0.3, 0.4) is 0 Å². The quantitative estimate of drug-likeness (QED) is 0.583. The van der Waals surface area contributed by atoms with Gasteiger partial charge in [-0.25, -0.2) is 4.98 Å². The number of ether oxygens (including phenoxy) is 1. The Morgan fingerprint density at radius 2 is 1.85 bits per heavy atom. The molecule has 1 unspecified atom stereocenters. The number of hydrogen-bond donors (Lipinski definition) is 1. The molecule has 1 N–H and O–H groups in total. The number of imidazole rings is 1. The van der Waals surface area contributed by atoms with E-state index in [1.54, 1.807) is 6.92 Å². The van der Waals surface area contributed by atoms with Crippen molar-refractivity contribution in [3.8, 4) is 5.75 Å². The fraction of sp³-hybridized carbons (Fsp3) is 0.423. The van der Waals surface area contributed by atoms with E-state index >= 15 is 0 Å². The number of nitrogens with one attached hydrogen (secondary N) is 1. The summed E-state index contributed by atoms with van der Waals surface area (Å²) in [6.07, 6.45) is 0.102. The van der Waals surface area contributed by atoms with Crippen molar-refractivity contribution in [3.63, 3.8) is 0 Å². The highest BCUT2D eigenvalue weighted by molar-refractivity contribution is 5.79. The minimum absolute atomic E-state index is 0.0516. The van der Waals surface area contributed by atoms with Crippen molar-refractivity contribution in [2.45, 2.75) is 39.5 Å². The number of hydrogen-bond acceptors (Lipinski definition) is 5. The van der Waals surface area contributed by atoms with E-state index in [1.165, 1.54) is 0 Å². The molecule has 1 aliphatic rings. The lowest BCUT2D eigenvalue weighted by atomic mass is 10.0. The lowest BCUT2D eigenvalue weighted by molar-refractivity contribution is -0.132. The standard InChI is InChI=1S/C26H33N5O3/c1-18(2)34-21-11-9-20(10-12-21)24-16-30(19(3)32)13-14-31(24)17-26(33)27-15-25-28-22-7-5-6-8-23(22)29(25)4/h5-12,18,24H,13-17H2,1-4H3,(H,27,33). The molecular weight excluding hydrogens is 430 g/mol. The number of rotatable bonds is 7. The van der Waals surface area contributed by atoms with Gasteiger partial charge in [0.05, 0.1) is 36.3 Å². The summed E-state index contributed by atoms with van der Waals surface area (Å²) in [5.74, 6) is 1.61. The van der Waals surface area contributed by atoms with Gasteiger partial charge in [-0.2, -0.15) is 0 Å². The second-order valence-corrected chi connectivity index (χ2v) is 9.04. The highest BCUT2D eigenvalue weighted by atomic mass is 16.5. The maximum absolute atomic E-state index is 12.9. The maximum Gasteiger partial charge on any atom is 0.234 e. The summed E-state index contributed by atoms with van der Waals surface area (Å²) in [6.45, 7) is 8.00. The van der Waals surface area contributed by atoms with Crippen LogP contribution in [0.1, 0.15) is 38.2 Å². The Kier molecular flexibility index (Phi) is 7.17. The summed E-state index contributed by atoms with van der Waals surface area (Å²) in [5, 5.41) is 3.02. The molecule has 4 rings (SSSR count). The minimum Gasteiger partial charge on any atom is -0.491 e. The second-order valence-electron chi connectivity index (χ2n) is 9.04. The molecule has 2 amide bonds. The molecule has 2 aromatic carbocycles. The van der Waals surface area contributed by atoms with Crippen LogP contribution in [-0.4, -0.2) is 63.4 Å². The maximum atomic E-state index is 12.9. The molecule has 3 aromatic rings. The molecule has 34 heavy (non-hydrogen) atoms. The van der Waals surface area contributed by atoms with E-state index in [0.717, 1.165) is 28.2 Å². The van der Waals surface area contributed by atoms with Crippen molar-refractivity contribution >= 4 is 22.8 Å². The summed E-state index contributed by atoms with van der Waals surface area (Å²) in [4.78, 5) is 33.5. The first-order chi connectivity index (χ1) is 16.3. The van der Waals surface area contributed by atoms with Crippen LogP contribution in [0.4, 0.5) is 0 Å². The van der Waals surface area contributed by atoms with Gasteiger partial charge in [-0.1, -0.05) is 24.3 Å². The van der Waals surface area contributed by atoms with E-state index in [4.69, 9.17) is 4.74 Å². The number of carbonyl (C=O) groups excluding carboxylic acids is 2. The first kappa shape index (κ1) is 23.8. The Bertz CT molecular complexity index is 1150. The minimum atomic E-state index is -0.0627. The molecule has 180 valence electrons. The lowest BCUT2D eigenvalue weighted by Crippen LogP contribution is -2.52. The van der Waals surface area contributed by atoms with Gasteiger partial charge in [-0.3, -0.25) is 14.5 Å². The number of benzene rings is 2. The van der Waals surface area contributed by atoms with Crippen molar-refractivity contribution in [3.05, 3.63) is 59.9 Å². The third-order valence-corrected chi connectivity index (χ3v) is 6.24. The van der Waals surface area contributed by atoms with Crippen LogP contribution in [0.15, 0.2) is 48.5 Å². The fourth-order valence-corrected chi connectivity index (χ4v) is 4.42. The Hall–Kier alpha value is -3.39. The Morgan fingerprint density at radius 1 is 1.12 bits per heavy atom. The topological polar surface area (TPSA) is 79.7 Å². The van der Waals surface area contributed by atoms with E-state index in [-0.39, 0.29) is 30.5 Å². The molecule has 0 saturated carbocycles. The Morgan fingerprint density at radius 3 is 2.53 bits per heavy atom. The number of aromatic nitrogens is 2. The zero-order valence-electron chi connectivity index (χ0n) is 20.3.